The number of aliphatic carboxylic acids is 1. The smallest absolute Gasteiger partial charge is 0.312 e. The van der Waals surface area contributed by atoms with Crippen molar-refractivity contribution in [2.75, 3.05) is 7.11 Å². The van der Waals surface area contributed by atoms with Crippen LogP contribution in [0, 0.1) is 11.3 Å². The van der Waals surface area contributed by atoms with Gasteiger partial charge in [0, 0.05) is 0 Å². The molecule has 12 heavy (non-hydrogen) atoms. The lowest BCUT2D eigenvalue weighted by Crippen LogP contribution is -2.36. The largest absolute Gasteiger partial charge is 0.481 e. The normalized spacial score (nSPS) is 13.7. The zero-order chi connectivity index (χ0) is 9.94. The molecule has 0 rings (SSSR count). The monoisotopic (exact) mass is 174 g/mol. The van der Waals surface area contributed by atoms with Crippen LogP contribution in [0.2, 0.25) is 0 Å². The fraction of sp³-hybridized carbons (Fsp3) is 0.750. The molecule has 70 valence electrons. The number of hydrogen-bond acceptors (Lipinski definition) is 3. The summed E-state index contributed by atoms with van der Waals surface area (Å²) in [6, 6.07) is 0. The highest BCUT2D eigenvalue weighted by molar-refractivity contribution is 5.83. The summed E-state index contributed by atoms with van der Waals surface area (Å²) in [4.78, 5) is 21.7. The second-order valence-electron chi connectivity index (χ2n) is 3.27. The minimum atomic E-state index is -0.995. The molecule has 0 saturated carbocycles. The molecule has 4 nitrogen and oxygen atoms in total. The maximum Gasteiger partial charge on any atom is 0.312 e. The zero-order valence-electron chi connectivity index (χ0n) is 7.75. The van der Waals surface area contributed by atoms with Crippen LogP contribution < -0.4 is 0 Å². The van der Waals surface area contributed by atoms with E-state index in [1.54, 1.807) is 13.8 Å². The van der Waals surface area contributed by atoms with Crippen LogP contribution in [0.25, 0.3) is 0 Å². The standard InChI is InChI=1S/C8H14O4/c1-5(6(9)10)8(2,3)7(11)12-4/h5H,1-4H3,(H,9,10)/t5-/m1/s1. The summed E-state index contributed by atoms with van der Waals surface area (Å²) < 4.78 is 4.48. The van der Waals surface area contributed by atoms with Crippen LogP contribution in [0.5, 0.6) is 0 Å². The highest BCUT2D eigenvalue weighted by Gasteiger charge is 2.39. The van der Waals surface area contributed by atoms with E-state index in [1.807, 2.05) is 0 Å². The molecule has 0 fully saturated rings. The summed E-state index contributed by atoms with van der Waals surface area (Å²) in [5.41, 5.74) is -0.972. The van der Waals surface area contributed by atoms with Gasteiger partial charge >= 0.3 is 11.9 Å². The van der Waals surface area contributed by atoms with Gasteiger partial charge in [0.15, 0.2) is 0 Å². The van der Waals surface area contributed by atoms with Crippen molar-refractivity contribution in [2.45, 2.75) is 20.8 Å². The van der Waals surface area contributed by atoms with Gasteiger partial charge < -0.3 is 9.84 Å². The van der Waals surface area contributed by atoms with Gasteiger partial charge in [0.1, 0.15) is 0 Å². The number of rotatable bonds is 3. The minimum Gasteiger partial charge on any atom is -0.481 e. The molecule has 0 aliphatic rings. The van der Waals surface area contributed by atoms with Crippen LogP contribution in [0.1, 0.15) is 20.8 Å². The molecule has 0 aliphatic heterocycles. The Bertz CT molecular complexity index is 195. The summed E-state index contributed by atoms with van der Waals surface area (Å²) in [6.07, 6.45) is 0. The number of hydrogen-bond donors (Lipinski definition) is 1. The third kappa shape index (κ3) is 1.96. The third-order valence-corrected chi connectivity index (χ3v) is 2.16. The van der Waals surface area contributed by atoms with Gasteiger partial charge in [-0.25, -0.2) is 0 Å². The third-order valence-electron chi connectivity index (χ3n) is 2.16. The van der Waals surface area contributed by atoms with Crippen molar-refractivity contribution in [1.29, 1.82) is 0 Å². The Labute approximate surface area is 71.5 Å². The van der Waals surface area contributed by atoms with Crippen molar-refractivity contribution in [1.82, 2.24) is 0 Å². The van der Waals surface area contributed by atoms with Crippen LogP contribution in [-0.2, 0) is 14.3 Å². The number of methoxy groups -OCH3 is 1. The molecule has 1 N–H and O–H groups in total. The first-order chi connectivity index (χ1) is 5.34. The second-order valence-corrected chi connectivity index (χ2v) is 3.27. The Balaban J connectivity index is 4.60. The first-order valence-electron chi connectivity index (χ1n) is 3.65. The van der Waals surface area contributed by atoms with Crippen LogP contribution in [0.15, 0.2) is 0 Å². The maximum absolute atomic E-state index is 11.1. The summed E-state index contributed by atoms with van der Waals surface area (Å²) in [7, 11) is 1.25. The predicted molar refractivity (Wildman–Crippen MR) is 42.6 cm³/mol. The molecule has 0 bridgehead atoms. The van der Waals surface area contributed by atoms with Crippen molar-refractivity contribution in [3.8, 4) is 0 Å². The molecule has 0 aromatic carbocycles. The molecule has 0 spiro atoms. The molecular formula is C8H14O4. The summed E-state index contributed by atoms with van der Waals surface area (Å²) in [6.45, 7) is 4.59. The van der Waals surface area contributed by atoms with Crippen LogP contribution in [0.4, 0.5) is 0 Å². The lowest BCUT2D eigenvalue weighted by atomic mass is 9.80. The van der Waals surface area contributed by atoms with E-state index in [0.29, 0.717) is 0 Å². The Kier molecular flexibility index (Phi) is 3.24. The predicted octanol–water partition coefficient (Wildman–Crippen LogP) is 0.906. The van der Waals surface area contributed by atoms with Crippen molar-refractivity contribution in [3.05, 3.63) is 0 Å². The highest BCUT2D eigenvalue weighted by atomic mass is 16.5. The van der Waals surface area contributed by atoms with E-state index in [4.69, 9.17) is 5.11 Å². The summed E-state index contributed by atoms with van der Waals surface area (Å²) in [5.74, 6) is -2.24. The number of carboxylic acid groups (broad SMARTS) is 1. The Hall–Kier alpha value is -1.06. The number of esters is 1. The molecule has 4 heteroatoms. The van der Waals surface area contributed by atoms with E-state index in [1.165, 1.54) is 14.0 Å². The van der Waals surface area contributed by atoms with Gasteiger partial charge in [-0.3, -0.25) is 9.59 Å². The number of carbonyl (C=O) groups excluding carboxylic acids is 1. The van der Waals surface area contributed by atoms with Gasteiger partial charge in [-0.15, -0.1) is 0 Å². The van der Waals surface area contributed by atoms with Gasteiger partial charge in [-0.2, -0.15) is 0 Å². The van der Waals surface area contributed by atoms with E-state index in [9.17, 15) is 9.59 Å². The van der Waals surface area contributed by atoms with Gasteiger partial charge in [0.05, 0.1) is 18.4 Å². The Morgan fingerprint density at radius 1 is 1.42 bits per heavy atom. The Morgan fingerprint density at radius 2 is 1.83 bits per heavy atom. The van der Waals surface area contributed by atoms with Gasteiger partial charge in [0.2, 0.25) is 0 Å². The van der Waals surface area contributed by atoms with E-state index < -0.39 is 23.3 Å². The van der Waals surface area contributed by atoms with Gasteiger partial charge in [-0.1, -0.05) is 6.92 Å². The first-order valence-corrected chi connectivity index (χ1v) is 3.65. The summed E-state index contributed by atoms with van der Waals surface area (Å²) >= 11 is 0. The molecule has 1 atom stereocenters. The van der Waals surface area contributed by atoms with Crippen molar-refractivity contribution >= 4 is 11.9 Å². The molecule has 0 aliphatic carbocycles. The fourth-order valence-corrected chi connectivity index (χ4v) is 0.749. The highest BCUT2D eigenvalue weighted by Crippen LogP contribution is 2.27. The van der Waals surface area contributed by atoms with Crippen molar-refractivity contribution in [3.63, 3.8) is 0 Å². The number of carbonyl (C=O) groups is 2. The fourth-order valence-electron chi connectivity index (χ4n) is 0.749. The van der Waals surface area contributed by atoms with Crippen molar-refractivity contribution in [2.24, 2.45) is 11.3 Å². The molecule has 0 saturated heterocycles. The quantitative estimate of drug-likeness (QED) is 0.646. The topological polar surface area (TPSA) is 63.6 Å². The number of ether oxygens (including phenoxy) is 1. The SMILES string of the molecule is COC(=O)C(C)(C)[C@H](C)C(=O)O. The molecule has 0 aromatic heterocycles. The minimum absolute atomic E-state index is 0.502. The number of carboxylic acids is 1. The second kappa shape index (κ2) is 3.56. The van der Waals surface area contributed by atoms with E-state index >= 15 is 0 Å². The molecule has 0 heterocycles. The van der Waals surface area contributed by atoms with E-state index in [-0.39, 0.29) is 0 Å². The maximum atomic E-state index is 11.1. The average molecular weight is 174 g/mol. The van der Waals surface area contributed by atoms with Gasteiger partial charge in [0.25, 0.3) is 0 Å². The average Bonchev–Trinajstić information content (AvgIpc) is 2.01. The van der Waals surface area contributed by atoms with E-state index in [0.717, 1.165) is 0 Å². The lowest BCUT2D eigenvalue weighted by Gasteiger charge is -2.25. The Morgan fingerprint density at radius 3 is 2.08 bits per heavy atom. The van der Waals surface area contributed by atoms with Crippen molar-refractivity contribution < 1.29 is 19.4 Å². The summed E-state index contributed by atoms with van der Waals surface area (Å²) in [5, 5.41) is 8.65. The molecular weight excluding hydrogens is 160 g/mol. The molecule has 0 amide bonds. The first kappa shape index (κ1) is 10.9. The molecule has 0 unspecified atom stereocenters. The van der Waals surface area contributed by atoms with E-state index in [2.05, 4.69) is 4.74 Å². The molecule has 0 radical (unpaired) electrons. The zero-order valence-corrected chi connectivity index (χ0v) is 7.75. The van der Waals surface area contributed by atoms with Gasteiger partial charge in [-0.05, 0) is 13.8 Å². The molecule has 0 aromatic rings. The lowest BCUT2D eigenvalue weighted by molar-refractivity contribution is -0.161. The van der Waals surface area contributed by atoms with Crippen LogP contribution in [-0.4, -0.2) is 24.2 Å². The van der Waals surface area contributed by atoms with Crippen LogP contribution in [0.3, 0.4) is 0 Å². The van der Waals surface area contributed by atoms with Crippen LogP contribution >= 0.6 is 0 Å².